The van der Waals surface area contributed by atoms with Crippen LogP contribution in [0.1, 0.15) is 12.8 Å². The van der Waals surface area contributed by atoms with E-state index in [4.69, 9.17) is 14.2 Å². The zero-order chi connectivity index (χ0) is 15.7. The highest BCUT2D eigenvalue weighted by Crippen LogP contribution is 2.13. The number of carbonyl (C=O) groups excluding carboxylic acids is 5. The van der Waals surface area contributed by atoms with E-state index in [-0.39, 0.29) is 39.3 Å². The van der Waals surface area contributed by atoms with E-state index in [2.05, 4.69) is 0 Å². The Morgan fingerprint density at radius 2 is 1.71 bits per heavy atom. The monoisotopic (exact) mass is 301 g/mol. The van der Waals surface area contributed by atoms with E-state index < -0.39 is 24.0 Å². The number of hydrogen-bond acceptors (Lipinski definition) is 8. The van der Waals surface area contributed by atoms with Gasteiger partial charge in [0.05, 0.1) is 6.61 Å². The van der Waals surface area contributed by atoms with Crippen LogP contribution in [0.5, 0.6) is 0 Å². The number of carbonyl (C=O) groups is 5. The predicted molar refractivity (Wildman–Crippen MR) is 65.1 cm³/mol. The fourth-order valence-electron chi connectivity index (χ4n) is 1.58. The van der Waals surface area contributed by atoms with Gasteiger partial charge in [-0.3, -0.25) is 9.59 Å². The Labute approximate surface area is 120 Å². The molecule has 0 bridgehead atoms. The summed E-state index contributed by atoms with van der Waals surface area (Å²) in [5, 5.41) is 0. The number of ether oxygens (including phenoxy) is 3. The number of likely N-dealkylation sites (tertiary alicyclic amines) is 1. The predicted octanol–water partition coefficient (Wildman–Crippen LogP) is -0.928. The second-order valence-corrected chi connectivity index (χ2v) is 4.03. The lowest BCUT2D eigenvalue weighted by Crippen LogP contribution is -2.38. The lowest BCUT2D eigenvalue weighted by Gasteiger charge is -2.18. The molecule has 0 saturated carbocycles. The van der Waals surface area contributed by atoms with Crippen LogP contribution in [0.15, 0.2) is 0 Å². The van der Waals surface area contributed by atoms with Crippen LogP contribution in [0.3, 0.4) is 0 Å². The Hall–Kier alpha value is -2.13. The van der Waals surface area contributed by atoms with Crippen LogP contribution >= 0.6 is 0 Å². The van der Waals surface area contributed by atoms with Crippen molar-refractivity contribution in [3.05, 3.63) is 0 Å². The van der Waals surface area contributed by atoms with Gasteiger partial charge >= 0.3 is 6.09 Å². The number of rotatable bonds is 9. The Balaban J connectivity index is 2.44. The molecule has 1 atom stereocenters. The van der Waals surface area contributed by atoms with Crippen molar-refractivity contribution in [1.29, 1.82) is 0 Å². The fourth-order valence-corrected chi connectivity index (χ4v) is 1.58. The van der Waals surface area contributed by atoms with Crippen molar-refractivity contribution < 1.29 is 38.2 Å². The summed E-state index contributed by atoms with van der Waals surface area (Å²) in [5.41, 5.74) is 0. The molecule has 1 aliphatic rings. The third-order valence-electron chi connectivity index (χ3n) is 2.52. The van der Waals surface area contributed by atoms with Gasteiger partial charge < -0.3 is 23.8 Å². The summed E-state index contributed by atoms with van der Waals surface area (Å²) in [6.45, 7) is -0.809. The van der Waals surface area contributed by atoms with Crippen LogP contribution in [-0.4, -0.2) is 67.9 Å². The Bertz CT molecular complexity index is 405. The average Bonchev–Trinajstić information content (AvgIpc) is 2.80. The molecule has 1 rings (SSSR count). The molecule has 3 amide bonds. The topological polar surface area (TPSA) is 116 Å². The van der Waals surface area contributed by atoms with Crippen molar-refractivity contribution in [3.63, 3.8) is 0 Å². The SMILES string of the molecule is O=CCOCC(COC(=O)N1C(=O)CCC1=O)OCC=O. The van der Waals surface area contributed by atoms with Gasteiger partial charge in [-0.1, -0.05) is 0 Å². The van der Waals surface area contributed by atoms with Gasteiger partial charge in [0, 0.05) is 12.8 Å². The first-order valence-electron chi connectivity index (χ1n) is 6.19. The normalized spacial score (nSPS) is 15.9. The first kappa shape index (κ1) is 16.9. The van der Waals surface area contributed by atoms with Gasteiger partial charge in [-0.2, -0.15) is 4.90 Å². The van der Waals surface area contributed by atoms with Crippen LogP contribution in [0, 0.1) is 0 Å². The maximum absolute atomic E-state index is 11.6. The second kappa shape index (κ2) is 8.93. The Morgan fingerprint density at radius 1 is 1.10 bits per heavy atom. The Kier molecular flexibility index (Phi) is 7.19. The molecule has 1 aliphatic heterocycles. The van der Waals surface area contributed by atoms with Gasteiger partial charge in [-0.15, -0.1) is 0 Å². The van der Waals surface area contributed by atoms with Crippen molar-refractivity contribution in [2.75, 3.05) is 26.4 Å². The molecule has 0 aromatic heterocycles. The molecule has 0 radical (unpaired) electrons. The van der Waals surface area contributed by atoms with Crippen LogP contribution < -0.4 is 0 Å². The molecule has 1 saturated heterocycles. The van der Waals surface area contributed by atoms with Gasteiger partial charge in [-0.25, -0.2) is 4.79 Å². The molecule has 1 heterocycles. The number of imide groups is 3. The molecule has 1 fully saturated rings. The minimum absolute atomic E-state index is 0.0263. The standard InChI is InChI=1S/C12H15NO8/c14-3-5-19-7-9(20-6-4-15)8-21-12(18)13-10(16)1-2-11(13)17/h3-4,9H,1-2,5-8H2. The van der Waals surface area contributed by atoms with Crippen molar-refractivity contribution in [2.45, 2.75) is 18.9 Å². The summed E-state index contributed by atoms with van der Waals surface area (Å²) in [4.78, 5) is 55.1. The third-order valence-corrected chi connectivity index (χ3v) is 2.52. The zero-order valence-corrected chi connectivity index (χ0v) is 11.2. The molecule has 0 aromatic rings. The summed E-state index contributed by atoms with van der Waals surface area (Å²) in [5.74, 6) is -1.24. The number of hydrogen-bond donors (Lipinski definition) is 0. The van der Waals surface area contributed by atoms with E-state index in [1.807, 2.05) is 0 Å². The molecule has 0 aliphatic carbocycles. The van der Waals surface area contributed by atoms with Crippen molar-refractivity contribution >= 4 is 30.5 Å². The number of aldehydes is 2. The molecule has 1 unspecified atom stereocenters. The van der Waals surface area contributed by atoms with E-state index in [9.17, 15) is 24.0 Å². The van der Waals surface area contributed by atoms with Crippen LogP contribution in [0.2, 0.25) is 0 Å². The number of nitrogens with zero attached hydrogens (tertiary/aromatic N) is 1. The van der Waals surface area contributed by atoms with Gasteiger partial charge in [0.2, 0.25) is 11.8 Å². The smallest absolute Gasteiger partial charge is 0.423 e. The minimum atomic E-state index is -1.09. The minimum Gasteiger partial charge on any atom is -0.446 e. The van der Waals surface area contributed by atoms with E-state index in [1.165, 1.54) is 0 Å². The largest absolute Gasteiger partial charge is 0.446 e. The molecule has 0 aromatic carbocycles. The second-order valence-electron chi connectivity index (χ2n) is 4.03. The maximum Gasteiger partial charge on any atom is 0.423 e. The fraction of sp³-hybridized carbons (Fsp3) is 0.583. The summed E-state index contributed by atoms with van der Waals surface area (Å²) in [7, 11) is 0. The first-order valence-corrected chi connectivity index (χ1v) is 6.19. The highest BCUT2D eigenvalue weighted by Gasteiger charge is 2.36. The average molecular weight is 301 g/mol. The van der Waals surface area contributed by atoms with Gasteiger partial charge in [0.1, 0.15) is 38.5 Å². The summed E-state index contributed by atoms with van der Waals surface area (Å²) < 4.78 is 14.7. The van der Waals surface area contributed by atoms with Crippen molar-refractivity contribution in [1.82, 2.24) is 4.90 Å². The quantitative estimate of drug-likeness (QED) is 0.305. The lowest BCUT2D eigenvalue weighted by atomic mass is 10.4. The molecule has 116 valence electrons. The summed E-state index contributed by atoms with van der Waals surface area (Å²) >= 11 is 0. The molecule has 9 nitrogen and oxygen atoms in total. The Morgan fingerprint density at radius 3 is 2.29 bits per heavy atom. The van der Waals surface area contributed by atoms with E-state index in [1.54, 1.807) is 0 Å². The molecular formula is C12H15NO8. The maximum atomic E-state index is 11.6. The first-order chi connectivity index (χ1) is 10.1. The number of amides is 3. The van der Waals surface area contributed by atoms with Crippen LogP contribution in [0.25, 0.3) is 0 Å². The molecule has 21 heavy (non-hydrogen) atoms. The van der Waals surface area contributed by atoms with Gasteiger partial charge in [0.15, 0.2) is 0 Å². The summed E-state index contributed by atoms with van der Waals surface area (Å²) in [6.07, 6.45) is -0.889. The molecule has 9 heteroatoms. The van der Waals surface area contributed by atoms with E-state index >= 15 is 0 Å². The van der Waals surface area contributed by atoms with E-state index in [0.29, 0.717) is 17.5 Å². The highest BCUT2D eigenvalue weighted by atomic mass is 16.6. The summed E-state index contributed by atoms with van der Waals surface area (Å²) in [6, 6.07) is 0. The van der Waals surface area contributed by atoms with Crippen LogP contribution in [-0.2, 0) is 33.4 Å². The highest BCUT2D eigenvalue weighted by molar-refractivity contribution is 6.13. The third kappa shape index (κ3) is 5.40. The molecule has 0 N–H and O–H groups in total. The lowest BCUT2D eigenvalue weighted by molar-refractivity contribution is -0.136. The molecular weight excluding hydrogens is 286 g/mol. The van der Waals surface area contributed by atoms with Crippen molar-refractivity contribution in [2.24, 2.45) is 0 Å². The van der Waals surface area contributed by atoms with Gasteiger partial charge in [-0.05, 0) is 0 Å². The van der Waals surface area contributed by atoms with Crippen molar-refractivity contribution in [3.8, 4) is 0 Å². The van der Waals surface area contributed by atoms with Crippen LogP contribution in [0.4, 0.5) is 4.79 Å². The zero-order valence-electron chi connectivity index (χ0n) is 11.2. The molecule has 0 spiro atoms. The van der Waals surface area contributed by atoms with Gasteiger partial charge in [0.25, 0.3) is 0 Å². The van der Waals surface area contributed by atoms with E-state index in [0.717, 1.165) is 0 Å².